The number of hydrogen-bond donors (Lipinski definition) is 1. The third kappa shape index (κ3) is 3.55. The van der Waals surface area contributed by atoms with Crippen molar-refractivity contribution in [1.29, 1.82) is 0 Å². The van der Waals surface area contributed by atoms with Crippen molar-refractivity contribution in [3.05, 3.63) is 35.0 Å². The molecule has 1 aliphatic heterocycles. The standard InChI is InChI=1S/C13H13F3N4O3S2/c14-13(15,16)10-8-9(17-18-10)12(21)19-3-5-20(6-4-19)25(22,23)11-2-1-7-24-11/h1-2,7-8H,3-6H2,(H,17,18). The molecule has 3 heterocycles. The van der Waals surface area contributed by atoms with Crippen molar-refractivity contribution < 1.29 is 26.4 Å². The molecule has 0 bridgehead atoms. The molecule has 12 heteroatoms. The predicted octanol–water partition coefficient (Wildman–Crippen LogP) is 1.64. The molecule has 0 spiro atoms. The molecular weight excluding hydrogens is 381 g/mol. The lowest BCUT2D eigenvalue weighted by molar-refractivity contribution is -0.141. The zero-order valence-electron chi connectivity index (χ0n) is 12.7. The van der Waals surface area contributed by atoms with Crippen LogP contribution in [0.15, 0.2) is 27.8 Å². The maximum Gasteiger partial charge on any atom is 0.432 e. The molecule has 0 aromatic carbocycles. The second kappa shape index (κ2) is 6.42. The van der Waals surface area contributed by atoms with Crippen LogP contribution >= 0.6 is 11.3 Å². The first-order chi connectivity index (χ1) is 11.7. The molecule has 1 amide bonds. The van der Waals surface area contributed by atoms with E-state index in [1.807, 2.05) is 0 Å². The number of nitrogens with one attached hydrogen (secondary N) is 1. The number of aromatic amines is 1. The van der Waals surface area contributed by atoms with Gasteiger partial charge in [0.25, 0.3) is 15.9 Å². The fraction of sp³-hybridized carbons (Fsp3) is 0.385. The van der Waals surface area contributed by atoms with Crippen LogP contribution in [0.4, 0.5) is 13.2 Å². The lowest BCUT2D eigenvalue weighted by Crippen LogP contribution is -2.50. The average molecular weight is 394 g/mol. The number of halogens is 3. The van der Waals surface area contributed by atoms with Crippen LogP contribution in [0.3, 0.4) is 0 Å². The van der Waals surface area contributed by atoms with Crippen LogP contribution in [0.1, 0.15) is 16.2 Å². The van der Waals surface area contributed by atoms with Crippen molar-refractivity contribution >= 4 is 27.3 Å². The largest absolute Gasteiger partial charge is 0.432 e. The van der Waals surface area contributed by atoms with Crippen molar-refractivity contribution in [2.24, 2.45) is 0 Å². The summed E-state index contributed by atoms with van der Waals surface area (Å²) >= 11 is 1.10. The summed E-state index contributed by atoms with van der Waals surface area (Å²) in [7, 11) is -3.60. The van der Waals surface area contributed by atoms with Crippen LogP contribution in [0.2, 0.25) is 0 Å². The summed E-state index contributed by atoms with van der Waals surface area (Å²) in [5.41, 5.74) is -1.45. The highest BCUT2D eigenvalue weighted by atomic mass is 32.2. The Morgan fingerprint density at radius 2 is 1.92 bits per heavy atom. The molecule has 3 rings (SSSR count). The normalized spacial score (nSPS) is 17.0. The van der Waals surface area contributed by atoms with Crippen LogP contribution in [0.25, 0.3) is 0 Å². The zero-order valence-corrected chi connectivity index (χ0v) is 14.3. The Bertz CT molecular complexity index is 853. The van der Waals surface area contributed by atoms with Gasteiger partial charge in [0.1, 0.15) is 9.90 Å². The van der Waals surface area contributed by atoms with Crippen LogP contribution in [-0.2, 0) is 16.2 Å². The van der Waals surface area contributed by atoms with Crippen molar-refractivity contribution in [3.8, 4) is 0 Å². The zero-order chi connectivity index (χ0) is 18.2. The Morgan fingerprint density at radius 1 is 1.24 bits per heavy atom. The molecule has 0 atom stereocenters. The number of amides is 1. The predicted molar refractivity (Wildman–Crippen MR) is 82.6 cm³/mol. The third-order valence-corrected chi connectivity index (χ3v) is 6.99. The lowest BCUT2D eigenvalue weighted by Gasteiger charge is -2.33. The molecule has 1 N–H and O–H groups in total. The van der Waals surface area contributed by atoms with Gasteiger partial charge in [0.2, 0.25) is 0 Å². The number of alkyl halides is 3. The van der Waals surface area contributed by atoms with Gasteiger partial charge in [-0.3, -0.25) is 9.89 Å². The quantitative estimate of drug-likeness (QED) is 0.858. The highest BCUT2D eigenvalue weighted by Crippen LogP contribution is 2.28. The number of rotatable bonds is 3. The molecule has 2 aromatic heterocycles. The van der Waals surface area contributed by atoms with Crippen LogP contribution in [0, 0.1) is 0 Å². The number of sulfonamides is 1. The minimum absolute atomic E-state index is 0.0719. The second-order valence-corrected chi connectivity index (χ2v) is 8.41. The molecule has 7 nitrogen and oxygen atoms in total. The van der Waals surface area contributed by atoms with E-state index in [4.69, 9.17) is 0 Å². The fourth-order valence-electron chi connectivity index (χ4n) is 2.41. The van der Waals surface area contributed by atoms with Crippen molar-refractivity contribution in [2.45, 2.75) is 10.4 Å². The summed E-state index contributed by atoms with van der Waals surface area (Å²) in [5.74, 6) is -0.667. The summed E-state index contributed by atoms with van der Waals surface area (Å²) in [4.78, 5) is 13.5. The minimum Gasteiger partial charge on any atom is -0.335 e. The summed E-state index contributed by atoms with van der Waals surface area (Å²) in [6.45, 7) is 0.306. The van der Waals surface area contributed by atoms with Crippen LogP contribution < -0.4 is 0 Å². The molecular formula is C13H13F3N4O3S2. The lowest BCUT2D eigenvalue weighted by atomic mass is 10.3. The van der Waals surface area contributed by atoms with Crippen molar-refractivity contribution in [3.63, 3.8) is 0 Å². The van der Waals surface area contributed by atoms with Crippen molar-refractivity contribution in [1.82, 2.24) is 19.4 Å². The molecule has 0 radical (unpaired) electrons. The Kier molecular flexibility index (Phi) is 4.60. The molecule has 0 saturated carbocycles. The number of nitrogens with zero attached hydrogens (tertiary/aromatic N) is 3. The number of piperazine rings is 1. The first kappa shape index (κ1) is 17.9. The number of thiophene rings is 1. The number of aromatic nitrogens is 2. The maximum absolute atomic E-state index is 12.6. The highest BCUT2D eigenvalue weighted by Gasteiger charge is 2.35. The van der Waals surface area contributed by atoms with E-state index in [1.54, 1.807) is 16.5 Å². The van der Waals surface area contributed by atoms with Crippen LogP contribution in [-0.4, -0.2) is 59.9 Å². The smallest absolute Gasteiger partial charge is 0.335 e. The van der Waals surface area contributed by atoms with E-state index in [9.17, 15) is 26.4 Å². The third-order valence-electron chi connectivity index (χ3n) is 3.72. The molecule has 1 aliphatic rings. The van der Waals surface area contributed by atoms with Gasteiger partial charge in [0.05, 0.1) is 0 Å². The van der Waals surface area contributed by atoms with E-state index < -0.39 is 27.8 Å². The van der Waals surface area contributed by atoms with Gasteiger partial charge in [-0.2, -0.15) is 22.6 Å². The minimum atomic E-state index is -4.61. The first-order valence-electron chi connectivity index (χ1n) is 7.15. The fourth-order valence-corrected chi connectivity index (χ4v) is 4.97. The van der Waals surface area contributed by atoms with Gasteiger partial charge in [-0.05, 0) is 11.4 Å². The number of carbonyl (C=O) groups is 1. The second-order valence-electron chi connectivity index (χ2n) is 5.29. The van der Waals surface area contributed by atoms with E-state index in [2.05, 4.69) is 5.10 Å². The number of carbonyl (C=O) groups excluding carboxylic acids is 1. The van der Waals surface area contributed by atoms with E-state index >= 15 is 0 Å². The first-order valence-corrected chi connectivity index (χ1v) is 9.47. The molecule has 136 valence electrons. The molecule has 1 saturated heterocycles. The Hall–Kier alpha value is -1.92. The summed E-state index contributed by atoms with van der Waals surface area (Å²) in [6.07, 6.45) is -4.61. The monoisotopic (exact) mass is 394 g/mol. The summed E-state index contributed by atoms with van der Waals surface area (Å²) in [6, 6.07) is 3.78. The molecule has 0 unspecified atom stereocenters. The van der Waals surface area contributed by atoms with Gasteiger partial charge < -0.3 is 4.90 Å². The van der Waals surface area contributed by atoms with Gasteiger partial charge in [-0.15, -0.1) is 11.3 Å². The van der Waals surface area contributed by atoms with Gasteiger partial charge in [0.15, 0.2) is 5.69 Å². The van der Waals surface area contributed by atoms with E-state index in [1.165, 1.54) is 15.3 Å². The molecule has 2 aromatic rings. The van der Waals surface area contributed by atoms with E-state index in [0.29, 0.717) is 6.07 Å². The topological polar surface area (TPSA) is 86.4 Å². The summed E-state index contributed by atoms with van der Waals surface area (Å²) in [5, 5.41) is 6.84. The highest BCUT2D eigenvalue weighted by molar-refractivity contribution is 7.91. The SMILES string of the molecule is O=C(c1cc(C(F)(F)F)[nH]n1)N1CCN(S(=O)(=O)c2cccs2)CC1. The Balaban J connectivity index is 1.66. The number of H-pyrrole nitrogens is 1. The van der Waals surface area contributed by atoms with E-state index in [-0.39, 0.29) is 36.1 Å². The number of hydrogen-bond acceptors (Lipinski definition) is 5. The Morgan fingerprint density at radius 3 is 2.44 bits per heavy atom. The Labute approximate surface area is 145 Å². The van der Waals surface area contributed by atoms with Gasteiger partial charge in [-0.1, -0.05) is 6.07 Å². The van der Waals surface area contributed by atoms with Gasteiger partial charge in [0, 0.05) is 32.2 Å². The summed E-state index contributed by atoms with van der Waals surface area (Å²) < 4.78 is 63.9. The molecule has 0 aliphatic carbocycles. The van der Waals surface area contributed by atoms with Gasteiger partial charge >= 0.3 is 6.18 Å². The van der Waals surface area contributed by atoms with Crippen molar-refractivity contribution in [2.75, 3.05) is 26.2 Å². The van der Waals surface area contributed by atoms with Gasteiger partial charge in [-0.25, -0.2) is 8.42 Å². The molecule has 25 heavy (non-hydrogen) atoms. The maximum atomic E-state index is 12.6. The molecule has 1 fully saturated rings. The van der Waals surface area contributed by atoms with Crippen LogP contribution in [0.5, 0.6) is 0 Å². The average Bonchev–Trinajstić information content (AvgIpc) is 3.25. The van der Waals surface area contributed by atoms with E-state index in [0.717, 1.165) is 11.3 Å².